The molecule has 0 spiro atoms. The van der Waals surface area contributed by atoms with Crippen molar-refractivity contribution in [1.82, 2.24) is 9.62 Å². The van der Waals surface area contributed by atoms with Crippen molar-refractivity contribution in [3.05, 3.63) is 83.4 Å². The molecule has 0 saturated carbocycles. The average Bonchev–Trinajstić information content (AvgIpc) is 3.32. The summed E-state index contributed by atoms with van der Waals surface area (Å²) in [5.41, 5.74) is 2.31. The number of benzene rings is 3. The lowest BCUT2D eigenvalue weighted by Gasteiger charge is -2.22. The van der Waals surface area contributed by atoms with E-state index in [9.17, 15) is 13.2 Å². The number of rotatable bonds is 10. The summed E-state index contributed by atoms with van der Waals surface area (Å²) in [4.78, 5) is 13.0. The van der Waals surface area contributed by atoms with E-state index >= 15 is 0 Å². The first kappa shape index (κ1) is 24.6. The van der Waals surface area contributed by atoms with Crippen LogP contribution in [0.3, 0.4) is 0 Å². The molecular formula is C26H28N2O6S. The molecule has 4 rings (SSSR count). The third-order valence-corrected chi connectivity index (χ3v) is 7.32. The minimum absolute atomic E-state index is 0.0624. The van der Waals surface area contributed by atoms with Gasteiger partial charge in [0, 0.05) is 13.1 Å². The van der Waals surface area contributed by atoms with Crippen LogP contribution in [0.2, 0.25) is 0 Å². The van der Waals surface area contributed by atoms with E-state index < -0.39 is 15.9 Å². The number of sulfonamides is 1. The van der Waals surface area contributed by atoms with Crippen LogP contribution in [-0.4, -0.2) is 38.6 Å². The van der Waals surface area contributed by atoms with Gasteiger partial charge in [-0.15, -0.1) is 0 Å². The Morgan fingerprint density at radius 2 is 1.77 bits per heavy atom. The van der Waals surface area contributed by atoms with Gasteiger partial charge in [-0.3, -0.25) is 4.79 Å². The molecule has 184 valence electrons. The zero-order valence-electron chi connectivity index (χ0n) is 19.7. The minimum Gasteiger partial charge on any atom is -0.494 e. The molecule has 0 bridgehead atoms. The van der Waals surface area contributed by atoms with Gasteiger partial charge in [-0.2, -0.15) is 4.31 Å². The van der Waals surface area contributed by atoms with Crippen molar-refractivity contribution in [2.24, 2.45) is 0 Å². The highest BCUT2D eigenvalue weighted by Crippen LogP contribution is 2.32. The van der Waals surface area contributed by atoms with Crippen LogP contribution < -0.4 is 19.5 Å². The second-order valence-corrected chi connectivity index (χ2v) is 10.0. The summed E-state index contributed by atoms with van der Waals surface area (Å²) in [5.74, 6) is 1.49. The molecule has 0 unspecified atom stereocenters. The third kappa shape index (κ3) is 5.93. The highest BCUT2D eigenvalue weighted by Gasteiger charge is 2.27. The van der Waals surface area contributed by atoms with Gasteiger partial charge < -0.3 is 19.5 Å². The minimum atomic E-state index is -3.96. The number of carbonyl (C=O) groups excluding carboxylic acids is 1. The Kier molecular flexibility index (Phi) is 7.57. The SMILES string of the molecule is CCOc1ccc(S(=O)(=O)N(CC(=O)NCc2ccc3c(c2)OCO3)Cc2ccccc2)cc1C. The molecule has 9 heteroatoms. The van der Waals surface area contributed by atoms with Crippen LogP contribution in [0.15, 0.2) is 71.6 Å². The fraction of sp³-hybridized carbons (Fsp3) is 0.269. The van der Waals surface area contributed by atoms with Crippen LogP contribution in [0.4, 0.5) is 0 Å². The van der Waals surface area contributed by atoms with E-state index in [1.165, 1.54) is 10.4 Å². The Labute approximate surface area is 205 Å². The number of fused-ring (bicyclic) bond motifs is 1. The number of hydrogen-bond acceptors (Lipinski definition) is 6. The number of ether oxygens (including phenoxy) is 3. The van der Waals surface area contributed by atoms with E-state index in [0.29, 0.717) is 29.4 Å². The topological polar surface area (TPSA) is 94.2 Å². The zero-order valence-corrected chi connectivity index (χ0v) is 20.5. The summed E-state index contributed by atoms with van der Waals surface area (Å²) in [7, 11) is -3.96. The Balaban J connectivity index is 1.52. The fourth-order valence-electron chi connectivity index (χ4n) is 3.73. The van der Waals surface area contributed by atoms with Gasteiger partial charge in [-0.05, 0) is 60.9 Å². The smallest absolute Gasteiger partial charge is 0.243 e. The standard InChI is InChI=1S/C26H28N2O6S/c1-3-32-23-12-10-22(13-19(23)2)35(30,31)28(16-20-7-5-4-6-8-20)17-26(29)27-15-21-9-11-24-25(14-21)34-18-33-24/h4-14H,3,15-18H2,1-2H3,(H,27,29). The maximum atomic E-state index is 13.6. The number of aryl methyl sites for hydroxylation is 1. The molecule has 0 saturated heterocycles. The maximum absolute atomic E-state index is 13.6. The second-order valence-electron chi connectivity index (χ2n) is 8.08. The van der Waals surface area contributed by atoms with Gasteiger partial charge in [0.05, 0.1) is 18.0 Å². The molecule has 35 heavy (non-hydrogen) atoms. The molecule has 0 aromatic heterocycles. The van der Waals surface area contributed by atoms with E-state index in [-0.39, 0.29) is 31.3 Å². The van der Waals surface area contributed by atoms with Crippen molar-refractivity contribution >= 4 is 15.9 Å². The molecule has 1 heterocycles. The lowest BCUT2D eigenvalue weighted by Crippen LogP contribution is -2.40. The van der Waals surface area contributed by atoms with Crippen LogP contribution in [0.1, 0.15) is 23.6 Å². The lowest BCUT2D eigenvalue weighted by atomic mass is 10.2. The van der Waals surface area contributed by atoms with Crippen molar-refractivity contribution in [3.8, 4) is 17.2 Å². The summed E-state index contributed by atoms with van der Waals surface area (Å²) < 4.78 is 44.5. The summed E-state index contributed by atoms with van der Waals surface area (Å²) >= 11 is 0. The van der Waals surface area contributed by atoms with E-state index in [1.807, 2.05) is 43.3 Å². The molecule has 0 atom stereocenters. The average molecular weight is 497 g/mol. The van der Waals surface area contributed by atoms with Gasteiger partial charge in [0.1, 0.15) is 5.75 Å². The summed E-state index contributed by atoms with van der Waals surface area (Å²) in [6, 6.07) is 19.3. The molecule has 1 aliphatic heterocycles. The molecule has 0 fully saturated rings. The van der Waals surface area contributed by atoms with Gasteiger partial charge in [-0.1, -0.05) is 36.4 Å². The van der Waals surface area contributed by atoms with Crippen LogP contribution in [0, 0.1) is 6.92 Å². The van der Waals surface area contributed by atoms with Gasteiger partial charge in [0.15, 0.2) is 11.5 Å². The largest absolute Gasteiger partial charge is 0.494 e. The summed E-state index contributed by atoms with van der Waals surface area (Å²) in [6.45, 7) is 4.29. The number of carbonyl (C=O) groups is 1. The predicted octanol–water partition coefficient (Wildman–Crippen LogP) is 3.63. The van der Waals surface area contributed by atoms with Crippen molar-refractivity contribution in [1.29, 1.82) is 0 Å². The molecule has 3 aromatic rings. The number of nitrogens with zero attached hydrogens (tertiary/aromatic N) is 1. The summed E-state index contributed by atoms with van der Waals surface area (Å²) in [6.07, 6.45) is 0. The Morgan fingerprint density at radius 3 is 2.51 bits per heavy atom. The molecule has 3 aromatic carbocycles. The number of nitrogens with one attached hydrogen (secondary N) is 1. The van der Waals surface area contributed by atoms with Crippen molar-refractivity contribution < 1.29 is 27.4 Å². The van der Waals surface area contributed by atoms with Crippen LogP contribution in [0.5, 0.6) is 17.2 Å². The van der Waals surface area contributed by atoms with E-state index in [1.54, 1.807) is 31.2 Å². The Hall–Kier alpha value is -3.56. The number of amides is 1. The molecular weight excluding hydrogens is 468 g/mol. The lowest BCUT2D eigenvalue weighted by molar-refractivity contribution is -0.121. The number of hydrogen-bond donors (Lipinski definition) is 1. The molecule has 1 amide bonds. The Bertz CT molecular complexity index is 1290. The maximum Gasteiger partial charge on any atom is 0.243 e. The van der Waals surface area contributed by atoms with Crippen molar-refractivity contribution in [2.45, 2.75) is 31.8 Å². The first-order chi connectivity index (χ1) is 16.9. The Morgan fingerprint density at radius 1 is 1.00 bits per heavy atom. The highest BCUT2D eigenvalue weighted by atomic mass is 32.2. The van der Waals surface area contributed by atoms with E-state index in [4.69, 9.17) is 14.2 Å². The predicted molar refractivity (Wildman–Crippen MR) is 131 cm³/mol. The van der Waals surface area contributed by atoms with Crippen LogP contribution in [0.25, 0.3) is 0 Å². The van der Waals surface area contributed by atoms with Gasteiger partial charge in [-0.25, -0.2) is 8.42 Å². The molecule has 0 aliphatic carbocycles. The molecule has 1 aliphatic rings. The molecule has 1 N–H and O–H groups in total. The normalized spacial score (nSPS) is 12.5. The molecule has 0 radical (unpaired) electrons. The van der Waals surface area contributed by atoms with Crippen molar-refractivity contribution in [2.75, 3.05) is 19.9 Å². The zero-order chi connectivity index (χ0) is 24.8. The van der Waals surface area contributed by atoms with E-state index in [0.717, 1.165) is 11.1 Å². The van der Waals surface area contributed by atoms with Crippen LogP contribution >= 0.6 is 0 Å². The molecule has 8 nitrogen and oxygen atoms in total. The summed E-state index contributed by atoms with van der Waals surface area (Å²) in [5, 5.41) is 2.81. The second kappa shape index (κ2) is 10.8. The van der Waals surface area contributed by atoms with Gasteiger partial charge >= 0.3 is 0 Å². The third-order valence-electron chi connectivity index (χ3n) is 5.53. The van der Waals surface area contributed by atoms with Crippen LogP contribution in [-0.2, 0) is 27.9 Å². The fourth-order valence-corrected chi connectivity index (χ4v) is 5.20. The van der Waals surface area contributed by atoms with Crippen molar-refractivity contribution in [3.63, 3.8) is 0 Å². The quantitative estimate of drug-likeness (QED) is 0.461. The highest BCUT2D eigenvalue weighted by molar-refractivity contribution is 7.89. The van der Waals surface area contributed by atoms with E-state index in [2.05, 4.69) is 5.32 Å². The monoisotopic (exact) mass is 496 g/mol. The van der Waals surface area contributed by atoms with Gasteiger partial charge in [0.25, 0.3) is 0 Å². The first-order valence-electron chi connectivity index (χ1n) is 11.3. The first-order valence-corrected chi connectivity index (χ1v) is 12.7. The van der Waals surface area contributed by atoms with Gasteiger partial charge in [0.2, 0.25) is 22.7 Å².